The molecule has 0 radical (unpaired) electrons. The van der Waals surface area contributed by atoms with Crippen LogP contribution in [0.15, 0.2) is 0 Å². The van der Waals surface area contributed by atoms with Crippen LogP contribution in [0.4, 0.5) is 0 Å². The van der Waals surface area contributed by atoms with Crippen LogP contribution in [0.2, 0.25) is 0 Å². The molecule has 3 atom stereocenters. The summed E-state index contributed by atoms with van der Waals surface area (Å²) in [4.78, 5) is 14.2. The molecule has 1 saturated carbocycles. The molecule has 3 aliphatic rings. The van der Waals surface area contributed by atoms with Crippen LogP contribution in [0.25, 0.3) is 0 Å². The maximum absolute atomic E-state index is 12.0. The Balaban J connectivity index is 1.63. The summed E-state index contributed by atoms with van der Waals surface area (Å²) in [5, 5.41) is 3.29. The molecule has 2 saturated heterocycles. The molecule has 78 valence electrons. The smallest absolute Gasteiger partial charge is 0.239 e. The molecule has 3 rings (SSSR count). The zero-order valence-electron chi connectivity index (χ0n) is 8.54. The first-order valence-electron chi connectivity index (χ1n) is 5.90. The normalized spacial score (nSPS) is 40.9. The van der Waals surface area contributed by atoms with Gasteiger partial charge in [0.25, 0.3) is 0 Å². The van der Waals surface area contributed by atoms with Crippen LogP contribution in [0.5, 0.6) is 0 Å². The van der Waals surface area contributed by atoms with Gasteiger partial charge >= 0.3 is 0 Å². The molecule has 1 aliphatic carbocycles. The summed E-state index contributed by atoms with van der Waals surface area (Å²) in [5.74, 6) is 1.23. The van der Waals surface area contributed by atoms with E-state index in [1.165, 1.54) is 25.7 Å². The van der Waals surface area contributed by atoms with E-state index in [1.807, 2.05) is 0 Å². The third kappa shape index (κ3) is 1.18. The Morgan fingerprint density at radius 2 is 2.14 bits per heavy atom. The van der Waals surface area contributed by atoms with E-state index in [9.17, 15) is 4.79 Å². The van der Waals surface area contributed by atoms with Crippen molar-refractivity contribution >= 4 is 5.91 Å². The highest BCUT2D eigenvalue weighted by atomic mass is 16.2. The van der Waals surface area contributed by atoms with Crippen LogP contribution in [-0.2, 0) is 4.79 Å². The van der Waals surface area contributed by atoms with E-state index < -0.39 is 0 Å². The van der Waals surface area contributed by atoms with E-state index in [1.54, 1.807) is 0 Å². The van der Waals surface area contributed by atoms with Crippen LogP contribution < -0.4 is 5.32 Å². The summed E-state index contributed by atoms with van der Waals surface area (Å²) in [6.07, 6.45) is 6.15. The summed E-state index contributed by atoms with van der Waals surface area (Å²) in [7, 11) is 0. The summed E-state index contributed by atoms with van der Waals surface area (Å²) in [5.41, 5.74) is 0. The van der Waals surface area contributed by atoms with Crippen LogP contribution in [0, 0.1) is 5.92 Å². The Morgan fingerprint density at radius 3 is 2.86 bits per heavy atom. The molecule has 0 aromatic heterocycles. The van der Waals surface area contributed by atoms with Gasteiger partial charge in [0, 0.05) is 12.6 Å². The molecule has 0 aromatic carbocycles. The van der Waals surface area contributed by atoms with Gasteiger partial charge in [-0.3, -0.25) is 4.79 Å². The second-order valence-electron chi connectivity index (χ2n) is 4.90. The molecular formula is C11H18N2O. The van der Waals surface area contributed by atoms with E-state index in [-0.39, 0.29) is 6.04 Å². The fourth-order valence-corrected chi connectivity index (χ4v) is 3.24. The SMILES string of the molecule is O=C([C@H]1CCCN1)N1CC2CCCC21. The molecule has 3 nitrogen and oxygen atoms in total. The number of carbonyl (C=O) groups excluding carboxylic acids is 1. The zero-order chi connectivity index (χ0) is 9.54. The Kier molecular flexibility index (Phi) is 2.01. The number of carbonyl (C=O) groups is 1. The minimum absolute atomic E-state index is 0.150. The number of nitrogens with zero attached hydrogens (tertiary/aromatic N) is 1. The first-order valence-corrected chi connectivity index (χ1v) is 5.90. The molecule has 14 heavy (non-hydrogen) atoms. The number of fused-ring (bicyclic) bond motifs is 1. The summed E-state index contributed by atoms with van der Waals surface area (Å²) in [6.45, 7) is 2.07. The minimum atomic E-state index is 0.150. The van der Waals surface area contributed by atoms with Gasteiger partial charge in [-0.05, 0) is 38.1 Å². The maximum Gasteiger partial charge on any atom is 0.239 e. The van der Waals surface area contributed by atoms with Crippen molar-refractivity contribution in [2.45, 2.75) is 44.2 Å². The lowest BCUT2D eigenvalue weighted by atomic mass is 9.91. The van der Waals surface area contributed by atoms with E-state index in [0.717, 1.165) is 25.4 Å². The lowest BCUT2D eigenvalue weighted by Crippen LogP contribution is -2.59. The van der Waals surface area contributed by atoms with Gasteiger partial charge in [-0.25, -0.2) is 0 Å². The minimum Gasteiger partial charge on any atom is -0.338 e. The van der Waals surface area contributed by atoms with Crippen LogP contribution in [0.1, 0.15) is 32.1 Å². The first-order chi connectivity index (χ1) is 6.86. The lowest BCUT2D eigenvalue weighted by molar-refractivity contribution is -0.144. The van der Waals surface area contributed by atoms with Gasteiger partial charge < -0.3 is 10.2 Å². The number of nitrogens with one attached hydrogen (secondary N) is 1. The predicted molar refractivity (Wildman–Crippen MR) is 53.9 cm³/mol. The van der Waals surface area contributed by atoms with Gasteiger partial charge in [-0.1, -0.05) is 6.42 Å². The van der Waals surface area contributed by atoms with Gasteiger partial charge in [-0.2, -0.15) is 0 Å². The average molecular weight is 194 g/mol. The van der Waals surface area contributed by atoms with E-state index in [4.69, 9.17) is 0 Å². The van der Waals surface area contributed by atoms with Crippen molar-refractivity contribution < 1.29 is 4.79 Å². The van der Waals surface area contributed by atoms with E-state index in [0.29, 0.717) is 11.9 Å². The second kappa shape index (κ2) is 3.23. The first kappa shape index (κ1) is 8.72. The summed E-state index contributed by atoms with van der Waals surface area (Å²) in [6, 6.07) is 0.765. The number of rotatable bonds is 1. The molecule has 1 amide bonds. The highest BCUT2D eigenvalue weighted by molar-refractivity contribution is 5.83. The van der Waals surface area contributed by atoms with Gasteiger partial charge in [0.15, 0.2) is 0 Å². The second-order valence-corrected chi connectivity index (χ2v) is 4.90. The standard InChI is InChI=1S/C11H18N2O/c14-11(9-4-2-6-12-9)13-7-8-3-1-5-10(8)13/h8-10,12H,1-7H2/t8?,9-,10?/m1/s1. The number of likely N-dealkylation sites (tertiary alicyclic amines) is 1. The van der Waals surface area contributed by atoms with Gasteiger partial charge in [0.1, 0.15) is 0 Å². The topological polar surface area (TPSA) is 32.3 Å². The number of hydrogen-bond acceptors (Lipinski definition) is 2. The molecule has 2 unspecified atom stereocenters. The van der Waals surface area contributed by atoms with Crippen molar-refractivity contribution in [2.24, 2.45) is 5.92 Å². The Labute approximate surface area is 84.8 Å². The molecular weight excluding hydrogens is 176 g/mol. The average Bonchev–Trinajstić information content (AvgIpc) is 2.75. The number of hydrogen-bond donors (Lipinski definition) is 1. The Bertz CT molecular complexity index is 248. The summed E-state index contributed by atoms with van der Waals surface area (Å²) < 4.78 is 0. The fourth-order valence-electron chi connectivity index (χ4n) is 3.24. The van der Waals surface area contributed by atoms with E-state index in [2.05, 4.69) is 10.2 Å². The molecule has 0 aromatic rings. The highest BCUT2D eigenvalue weighted by Crippen LogP contribution is 2.39. The zero-order valence-corrected chi connectivity index (χ0v) is 8.54. The quantitative estimate of drug-likeness (QED) is 0.668. The molecule has 3 fully saturated rings. The largest absolute Gasteiger partial charge is 0.338 e. The fraction of sp³-hybridized carbons (Fsp3) is 0.909. The highest BCUT2D eigenvalue weighted by Gasteiger charge is 2.46. The van der Waals surface area contributed by atoms with E-state index >= 15 is 0 Å². The van der Waals surface area contributed by atoms with Crippen molar-refractivity contribution in [1.29, 1.82) is 0 Å². The van der Waals surface area contributed by atoms with Crippen molar-refractivity contribution in [3.05, 3.63) is 0 Å². The van der Waals surface area contributed by atoms with Crippen LogP contribution in [-0.4, -0.2) is 36.0 Å². The Hall–Kier alpha value is -0.570. The monoisotopic (exact) mass is 194 g/mol. The third-order valence-corrected chi connectivity index (χ3v) is 4.09. The lowest BCUT2D eigenvalue weighted by Gasteiger charge is -2.45. The van der Waals surface area contributed by atoms with Crippen molar-refractivity contribution in [2.75, 3.05) is 13.1 Å². The Morgan fingerprint density at radius 1 is 1.21 bits per heavy atom. The van der Waals surface area contributed by atoms with Crippen molar-refractivity contribution in [1.82, 2.24) is 10.2 Å². The predicted octanol–water partition coefficient (Wildman–Crippen LogP) is 0.749. The van der Waals surface area contributed by atoms with Gasteiger partial charge in [0.2, 0.25) is 5.91 Å². The third-order valence-electron chi connectivity index (χ3n) is 4.09. The van der Waals surface area contributed by atoms with Crippen molar-refractivity contribution in [3.63, 3.8) is 0 Å². The van der Waals surface area contributed by atoms with Crippen LogP contribution in [0.3, 0.4) is 0 Å². The molecule has 0 bridgehead atoms. The van der Waals surface area contributed by atoms with Gasteiger partial charge in [0.05, 0.1) is 6.04 Å². The molecule has 3 heteroatoms. The molecule has 2 heterocycles. The molecule has 1 N–H and O–H groups in total. The van der Waals surface area contributed by atoms with Crippen LogP contribution >= 0.6 is 0 Å². The summed E-state index contributed by atoms with van der Waals surface area (Å²) >= 11 is 0. The number of amides is 1. The molecule has 2 aliphatic heterocycles. The van der Waals surface area contributed by atoms with Gasteiger partial charge in [-0.15, -0.1) is 0 Å². The maximum atomic E-state index is 12.0. The molecule has 0 spiro atoms. The van der Waals surface area contributed by atoms with Crippen molar-refractivity contribution in [3.8, 4) is 0 Å².